The summed E-state index contributed by atoms with van der Waals surface area (Å²) in [7, 11) is 11.0. The van der Waals surface area contributed by atoms with Crippen LogP contribution in [0.2, 0.25) is 0 Å². The zero-order valence-electron chi connectivity index (χ0n) is 36.0. The van der Waals surface area contributed by atoms with E-state index in [1.165, 1.54) is 83.3 Å². The number of hydrogen-bond acceptors (Lipinski definition) is 26. The lowest BCUT2D eigenvalue weighted by molar-refractivity contribution is 0.0996. The number of ether oxygens (including phenoxy) is 4. The summed E-state index contributed by atoms with van der Waals surface area (Å²) in [5.41, 5.74) is 3.16. The second kappa shape index (κ2) is 25.5. The third-order valence-corrected chi connectivity index (χ3v) is 20.4. The number of nitrogens with zero attached hydrogens (tertiary/aromatic N) is 4. The van der Waals surface area contributed by atoms with Gasteiger partial charge in [0.2, 0.25) is 0 Å². The Balaban J connectivity index is 1.10. The van der Waals surface area contributed by atoms with Gasteiger partial charge in [0, 0.05) is 62.2 Å². The molecule has 6 N–H and O–H groups in total. The third kappa shape index (κ3) is 14.7. The van der Waals surface area contributed by atoms with Crippen LogP contribution in [0.4, 0.5) is 10.9 Å². The van der Waals surface area contributed by atoms with Gasteiger partial charge in [0.15, 0.2) is 14.9 Å². The lowest BCUT2D eigenvalue weighted by atomic mass is 9.93. The van der Waals surface area contributed by atoms with Crippen LogP contribution in [0.25, 0.3) is 21.5 Å². The van der Waals surface area contributed by atoms with Gasteiger partial charge in [-0.3, -0.25) is 0 Å². The lowest BCUT2D eigenvalue weighted by Crippen LogP contribution is -2.26. The molecule has 0 amide bonds. The zero-order chi connectivity index (χ0) is 48.3. The summed E-state index contributed by atoms with van der Waals surface area (Å²) in [6, 6.07) is 19.1. The van der Waals surface area contributed by atoms with E-state index in [0.717, 1.165) is 51.7 Å². The van der Waals surface area contributed by atoms with Crippen molar-refractivity contribution in [1.29, 1.82) is 0 Å². The number of nitrogens with one attached hydrogen (secondary N) is 2. The Bertz CT molecular complexity index is 3190. The van der Waals surface area contributed by atoms with Crippen LogP contribution in [0.3, 0.4) is 0 Å². The standard InChI is InChI=1S/C43H42N6O8S12/c50-24(5-9-34-39(58)62-67-47-34)18-54-28-7-1-22-3-11-36(56-19-25(51)6-10-35-40(59)63-68-48-35)32(30(22)13-28)15-33-31-14-29(55-20-26(52)16-44-38-41(60)64-69-49-38)8-2-23(31)4-12-37(33)57-21-27(53)17-45-42-46-43(61)66-65-42/h1-4,7-8,11-14,24-27,50-53H,5-6,9-10,15-21H2,(H,44,49)(H,45,46,61). The first kappa shape index (κ1) is 52.2. The van der Waals surface area contributed by atoms with E-state index >= 15 is 0 Å². The van der Waals surface area contributed by atoms with Crippen LogP contribution in [0.1, 0.15) is 35.4 Å². The van der Waals surface area contributed by atoms with Crippen LogP contribution in [0.15, 0.2) is 60.7 Å². The van der Waals surface area contributed by atoms with Gasteiger partial charge in [-0.1, -0.05) is 60.9 Å². The zero-order valence-corrected chi connectivity index (χ0v) is 45.8. The fourth-order valence-electron chi connectivity index (χ4n) is 6.94. The summed E-state index contributed by atoms with van der Waals surface area (Å²) in [5, 5.41) is 54.4. The van der Waals surface area contributed by atoms with Crippen molar-refractivity contribution in [2.45, 2.75) is 56.5 Å². The molecular formula is C43H42N6O8S12. The molecule has 4 atom stereocenters. The van der Waals surface area contributed by atoms with Crippen molar-refractivity contribution in [1.82, 2.24) is 18.1 Å². The fourth-order valence-corrected chi connectivity index (χ4v) is 14.7. The predicted molar refractivity (Wildman–Crippen MR) is 294 cm³/mol. The number of aryl methyl sites for hydroxylation is 2. The summed E-state index contributed by atoms with van der Waals surface area (Å²) >= 11 is 21.3. The van der Waals surface area contributed by atoms with E-state index in [4.69, 9.17) is 67.8 Å². The molecule has 4 heterocycles. The molecule has 14 nitrogen and oxygen atoms in total. The maximum Gasteiger partial charge on any atom is 0.194 e. The average Bonchev–Trinajstić information content (AvgIpc) is 4.18. The molecule has 0 aliphatic heterocycles. The Hall–Kier alpha value is -3.16. The molecule has 26 heteroatoms. The maximum absolute atomic E-state index is 11.2. The Labute approximate surface area is 446 Å². The Morgan fingerprint density at radius 2 is 1.00 bits per heavy atom. The molecule has 0 radical (unpaired) electrons. The van der Waals surface area contributed by atoms with Crippen LogP contribution in [0, 0.1) is 15.4 Å². The number of hydrogen-bond donors (Lipinski definition) is 6. The number of fused-ring (bicyclic) bond motifs is 2. The molecule has 4 aromatic carbocycles. The van der Waals surface area contributed by atoms with E-state index in [1.54, 1.807) is 0 Å². The molecule has 0 fully saturated rings. The van der Waals surface area contributed by atoms with Crippen molar-refractivity contribution in [2.24, 2.45) is 0 Å². The third-order valence-electron chi connectivity index (χ3n) is 10.5. The van der Waals surface area contributed by atoms with Gasteiger partial charge in [0.25, 0.3) is 0 Å². The molecule has 0 saturated carbocycles. The fraction of sp³-hybridized carbons (Fsp3) is 0.349. The van der Waals surface area contributed by atoms with Crippen LogP contribution >= 0.6 is 132 Å². The Kier molecular flexibility index (Phi) is 19.3. The first-order valence-electron chi connectivity index (χ1n) is 21.1. The van der Waals surface area contributed by atoms with Gasteiger partial charge >= 0.3 is 0 Å². The largest absolute Gasteiger partial charge is 0.491 e. The van der Waals surface area contributed by atoms with Crippen LogP contribution < -0.4 is 29.6 Å². The van der Waals surface area contributed by atoms with E-state index in [9.17, 15) is 20.4 Å². The average molecular weight is 1160 g/mol. The van der Waals surface area contributed by atoms with Crippen molar-refractivity contribution < 1.29 is 39.4 Å². The van der Waals surface area contributed by atoms with Crippen LogP contribution in [0.5, 0.6) is 23.0 Å². The molecule has 364 valence electrons. The topological polar surface area (TPSA) is 193 Å². The van der Waals surface area contributed by atoms with Crippen molar-refractivity contribution in [3.8, 4) is 23.0 Å². The normalized spacial score (nSPS) is 13.3. The summed E-state index contributed by atoms with van der Waals surface area (Å²) in [5.74, 6) is 2.68. The van der Waals surface area contributed by atoms with E-state index < -0.39 is 24.4 Å². The Morgan fingerprint density at radius 3 is 1.49 bits per heavy atom. The van der Waals surface area contributed by atoms with Gasteiger partial charge < -0.3 is 50.0 Å². The summed E-state index contributed by atoms with van der Waals surface area (Å²) in [4.78, 5) is 4.28. The van der Waals surface area contributed by atoms with Crippen molar-refractivity contribution >= 4 is 165 Å². The minimum atomic E-state index is -0.905. The number of aliphatic hydroxyl groups is 4. The highest BCUT2D eigenvalue weighted by molar-refractivity contribution is 7.80. The summed E-state index contributed by atoms with van der Waals surface area (Å²) in [6.45, 7) is 0.383. The van der Waals surface area contributed by atoms with Crippen molar-refractivity contribution in [2.75, 3.05) is 50.2 Å². The lowest BCUT2D eigenvalue weighted by Gasteiger charge is -2.21. The molecule has 69 heavy (non-hydrogen) atoms. The van der Waals surface area contributed by atoms with Gasteiger partial charge in [-0.25, -0.2) is 0 Å². The monoisotopic (exact) mass is 1150 g/mol. The molecule has 4 unspecified atom stereocenters. The maximum atomic E-state index is 11.2. The smallest absolute Gasteiger partial charge is 0.194 e. The second-order valence-electron chi connectivity index (χ2n) is 15.4. The van der Waals surface area contributed by atoms with E-state index in [0.29, 0.717) is 67.4 Å². The quantitative estimate of drug-likeness (QED) is 0.0221. The molecular weight excluding hydrogens is 1110 g/mol. The second-order valence-corrected chi connectivity index (χ2v) is 25.7. The van der Waals surface area contributed by atoms with E-state index in [1.807, 2.05) is 60.7 Å². The highest BCUT2D eigenvalue weighted by atomic mass is 32.9. The van der Waals surface area contributed by atoms with Gasteiger partial charge in [-0.15, -0.1) is 0 Å². The molecule has 0 saturated heterocycles. The van der Waals surface area contributed by atoms with Gasteiger partial charge in [-0.05, 0) is 148 Å². The number of rotatable bonds is 26. The Morgan fingerprint density at radius 1 is 0.522 bits per heavy atom. The number of aliphatic hydroxyl groups excluding tert-OH is 4. The van der Waals surface area contributed by atoms with Crippen LogP contribution in [-0.2, 0) is 19.3 Å². The number of aromatic nitrogens is 4. The minimum Gasteiger partial charge on any atom is -0.491 e. The minimum absolute atomic E-state index is 0.00380. The molecule has 0 aliphatic rings. The van der Waals surface area contributed by atoms with Crippen molar-refractivity contribution in [3.63, 3.8) is 0 Å². The first-order valence-corrected chi connectivity index (χ1v) is 31.2. The number of benzene rings is 4. The van der Waals surface area contributed by atoms with Crippen LogP contribution in [-0.4, -0.2) is 102 Å². The SMILES string of the molecule is OC(CCc1nssc1=S)COc1ccc2ccc(OCC(O)CCc3nssc3=S)c(Cc3c(OCC(O)CNc4nc(=S)ss4)ccc4ccc(OCC(O)CNc5nssc5=S)cc34)c2c1. The highest BCUT2D eigenvalue weighted by Crippen LogP contribution is 2.39. The van der Waals surface area contributed by atoms with E-state index in [2.05, 4.69) is 28.7 Å². The molecule has 0 aliphatic carbocycles. The number of anilines is 2. The van der Waals surface area contributed by atoms with Gasteiger partial charge in [0.05, 0.1) is 23.6 Å². The van der Waals surface area contributed by atoms with Crippen molar-refractivity contribution in [3.05, 3.63) is 98.6 Å². The van der Waals surface area contributed by atoms with E-state index in [-0.39, 0.29) is 45.9 Å². The molecule has 8 aromatic rings. The molecule has 4 aromatic heterocycles. The first-order chi connectivity index (χ1) is 33.4. The highest BCUT2D eigenvalue weighted by Gasteiger charge is 2.20. The summed E-state index contributed by atoms with van der Waals surface area (Å²) < 4.78 is 41.0. The van der Waals surface area contributed by atoms with Gasteiger partial charge in [-0.2, -0.15) is 18.1 Å². The molecule has 8 rings (SSSR count). The van der Waals surface area contributed by atoms with Gasteiger partial charge in [0.1, 0.15) is 73.1 Å². The molecule has 0 bridgehead atoms. The summed E-state index contributed by atoms with van der Waals surface area (Å²) in [6.07, 6.45) is -1.15. The molecule has 0 spiro atoms. The predicted octanol–water partition coefficient (Wildman–Crippen LogP) is 11.0.